The zero-order chi connectivity index (χ0) is 10.7. The highest BCUT2D eigenvalue weighted by Crippen LogP contribution is 2.25. The van der Waals surface area contributed by atoms with Gasteiger partial charge in [0.2, 0.25) is 0 Å². The fraction of sp³-hybridized carbons (Fsp3) is 0.125. The standard InChI is InChI=1S/C8H6BrN3OS2/c9-5-1-2-14-7(5)6(13)3-15-8-10-4-11-12-8/h1-2,4H,3H2,(H,10,11,12). The van der Waals surface area contributed by atoms with Crippen molar-refractivity contribution in [1.82, 2.24) is 15.2 Å². The Morgan fingerprint density at radius 3 is 3.13 bits per heavy atom. The van der Waals surface area contributed by atoms with E-state index in [0.29, 0.717) is 10.9 Å². The zero-order valence-electron chi connectivity index (χ0n) is 7.44. The first-order valence-corrected chi connectivity index (χ1v) is 6.67. The van der Waals surface area contributed by atoms with Gasteiger partial charge in [-0.25, -0.2) is 4.98 Å². The zero-order valence-corrected chi connectivity index (χ0v) is 10.7. The first-order chi connectivity index (χ1) is 7.27. The normalized spacial score (nSPS) is 10.5. The van der Waals surface area contributed by atoms with Crippen LogP contribution in [-0.2, 0) is 0 Å². The third-order valence-electron chi connectivity index (χ3n) is 1.60. The number of halogens is 1. The molecule has 0 saturated carbocycles. The molecule has 0 radical (unpaired) electrons. The summed E-state index contributed by atoms with van der Waals surface area (Å²) in [6.07, 6.45) is 1.42. The van der Waals surface area contributed by atoms with Gasteiger partial charge in [0.25, 0.3) is 0 Å². The lowest BCUT2D eigenvalue weighted by Gasteiger charge is -1.96. The summed E-state index contributed by atoms with van der Waals surface area (Å²) in [4.78, 5) is 16.4. The number of Topliss-reactive ketones (excluding diaryl/α,β-unsaturated/α-hetero) is 1. The topological polar surface area (TPSA) is 58.6 Å². The maximum atomic E-state index is 11.7. The van der Waals surface area contributed by atoms with E-state index in [-0.39, 0.29) is 5.78 Å². The fourth-order valence-corrected chi connectivity index (χ4v) is 3.23. The van der Waals surface area contributed by atoms with Crippen LogP contribution >= 0.6 is 39.0 Å². The number of H-pyrrole nitrogens is 1. The second-order valence-corrected chi connectivity index (χ2v) is 5.33. The van der Waals surface area contributed by atoms with Crippen molar-refractivity contribution in [2.24, 2.45) is 0 Å². The summed E-state index contributed by atoms with van der Waals surface area (Å²) in [7, 11) is 0. The van der Waals surface area contributed by atoms with Gasteiger partial charge < -0.3 is 0 Å². The summed E-state index contributed by atoms with van der Waals surface area (Å²) in [5.41, 5.74) is 0. The molecule has 15 heavy (non-hydrogen) atoms. The molecule has 0 aromatic carbocycles. The van der Waals surface area contributed by atoms with Gasteiger partial charge in [0, 0.05) is 4.47 Å². The molecule has 4 nitrogen and oxygen atoms in total. The molecule has 0 amide bonds. The molecule has 0 aliphatic carbocycles. The molecular weight excluding hydrogens is 298 g/mol. The average molecular weight is 304 g/mol. The number of hydrogen-bond acceptors (Lipinski definition) is 5. The van der Waals surface area contributed by atoms with Crippen molar-refractivity contribution in [1.29, 1.82) is 0 Å². The van der Waals surface area contributed by atoms with E-state index in [1.165, 1.54) is 29.4 Å². The third kappa shape index (κ3) is 2.67. The molecular formula is C8H6BrN3OS2. The predicted octanol–water partition coefficient (Wildman–Crippen LogP) is 2.60. The van der Waals surface area contributed by atoms with Crippen molar-refractivity contribution in [3.05, 3.63) is 27.1 Å². The van der Waals surface area contributed by atoms with E-state index in [1.54, 1.807) is 0 Å². The molecule has 7 heteroatoms. The molecule has 0 unspecified atom stereocenters. The lowest BCUT2D eigenvalue weighted by molar-refractivity contribution is 0.102. The molecule has 0 atom stereocenters. The van der Waals surface area contributed by atoms with Gasteiger partial charge in [-0.2, -0.15) is 5.10 Å². The lowest BCUT2D eigenvalue weighted by Crippen LogP contribution is -2.00. The van der Waals surface area contributed by atoms with E-state index >= 15 is 0 Å². The smallest absolute Gasteiger partial charge is 0.184 e. The Morgan fingerprint density at radius 2 is 2.53 bits per heavy atom. The van der Waals surface area contributed by atoms with Crippen molar-refractivity contribution in [2.45, 2.75) is 5.16 Å². The molecule has 2 rings (SSSR count). The van der Waals surface area contributed by atoms with Crippen molar-refractivity contribution >= 4 is 44.8 Å². The molecule has 1 N–H and O–H groups in total. The highest BCUT2D eigenvalue weighted by molar-refractivity contribution is 9.10. The first-order valence-electron chi connectivity index (χ1n) is 4.01. The fourth-order valence-electron chi connectivity index (χ4n) is 0.956. The molecule has 0 aliphatic heterocycles. The molecule has 2 aromatic rings. The van der Waals surface area contributed by atoms with Crippen molar-refractivity contribution < 1.29 is 4.79 Å². The summed E-state index contributed by atoms with van der Waals surface area (Å²) < 4.78 is 0.857. The van der Waals surface area contributed by atoms with Crippen LogP contribution in [0.3, 0.4) is 0 Å². The van der Waals surface area contributed by atoms with Gasteiger partial charge >= 0.3 is 0 Å². The van der Waals surface area contributed by atoms with Crippen LogP contribution in [0.15, 0.2) is 27.4 Å². The molecule has 2 aromatic heterocycles. The summed E-state index contributed by atoms with van der Waals surface area (Å²) >= 11 is 6.12. The molecule has 78 valence electrons. The van der Waals surface area contributed by atoms with Gasteiger partial charge in [0.1, 0.15) is 6.33 Å². The van der Waals surface area contributed by atoms with Crippen LogP contribution in [0.4, 0.5) is 0 Å². The number of aromatic nitrogens is 3. The van der Waals surface area contributed by atoms with Gasteiger partial charge in [0.05, 0.1) is 10.6 Å². The van der Waals surface area contributed by atoms with Crippen LogP contribution < -0.4 is 0 Å². The number of carbonyl (C=O) groups is 1. The lowest BCUT2D eigenvalue weighted by atomic mass is 10.3. The van der Waals surface area contributed by atoms with Crippen LogP contribution in [0.25, 0.3) is 0 Å². The van der Waals surface area contributed by atoms with E-state index in [2.05, 4.69) is 31.1 Å². The van der Waals surface area contributed by atoms with Crippen LogP contribution in [0, 0.1) is 0 Å². The Hall–Kier alpha value is -0.660. The number of ketones is 1. The van der Waals surface area contributed by atoms with E-state index < -0.39 is 0 Å². The first kappa shape index (κ1) is 10.8. The van der Waals surface area contributed by atoms with Crippen LogP contribution in [0.5, 0.6) is 0 Å². The molecule has 0 bridgehead atoms. The molecule has 2 heterocycles. The molecule has 0 aliphatic rings. The summed E-state index contributed by atoms with van der Waals surface area (Å²) in [5, 5.41) is 8.95. The molecule has 0 saturated heterocycles. The third-order valence-corrected chi connectivity index (χ3v) is 4.36. The van der Waals surface area contributed by atoms with Gasteiger partial charge in [-0.15, -0.1) is 11.3 Å². The number of hydrogen-bond donors (Lipinski definition) is 1. The van der Waals surface area contributed by atoms with Gasteiger partial charge in [0.15, 0.2) is 10.9 Å². The minimum absolute atomic E-state index is 0.0956. The average Bonchev–Trinajstić information content (AvgIpc) is 2.84. The predicted molar refractivity (Wildman–Crippen MR) is 63.5 cm³/mol. The highest BCUT2D eigenvalue weighted by Gasteiger charge is 2.12. The van der Waals surface area contributed by atoms with Gasteiger partial charge in [-0.3, -0.25) is 9.89 Å². The van der Waals surface area contributed by atoms with Gasteiger partial charge in [-0.05, 0) is 27.4 Å². The second kappa shape index (κ2) is 4.91. The summed E-state index contributed by atoms with van der Waals surface area (Å²) in [6.45, 7) is 0. The monoisotopic (exact) mass is 303 g/mol. The largest absolute Gasteiger partial charge is 0.292 e. The number of carbonyl (C=O) groups excluding carboxylic acids is 1. The minimum atomic E-state index is 0.0956. The van der Waals surface area contributed by atoms with Crippen molar-refractivity contribution in [3.63, 3.8) is 0 Å². The van der Waals surface area contributed by atoms with Crippen molar-refractivity contribution in [2.75, 3.05) is 5.75 Å². The summed E-state index contributed by atoms with van der Waals surface area (Å²) in [6, 6.07) is 1.87. The quantitative estimate of drug-likeness (QED) is 0.697. The van der Waals surface area contributed by atoms with Crippen LogP contribution in [0.1, 0.15) is 9.67 Å². The molecule has 0 spiro atoms. The number of nitrogens with one attached hydrogen (secondary N) is 1. The van der Waals surface area contributed by atoms with E-state index in [4.69, 9.17) is 0 Å². The number of nitrogens with zero attached hydrogens (tertiary/aromatic N) is 2. The second-order valence-electron chi connectivity index (χ2n) is 2.60. The van der Waals surface area contributed by atoms with E-state index in [0.717, 1.165) is 9.35 Å². The Labute approximate surface area is 103 Å². The van der Waals surface area contributed by atoms with Gasteiger partial charge in [-0.1, -0.05) is 11.8 Å². The van der Waals surface area contributed by atoms with Crippen LogP contribution in [-0.4, -0.2) is 26.7 Å². The van der Waals surface area contributed by atoms with E-state index in [1.807, 2.05) is 11.4 Å². The van der Waals surface area contributed by atoms with Crippen LogP contribution in [0.2, 0.25) is 0 Å². The number of aromatic amines is 1. The Kier molecular flexibility index (Phi) is 3.55. The maximum absolute atomic E-state index is 11.7. The van der Waals surface area contributed by atoms with Crippen molar-refractivity contribution in [3.8, 4) is 0 Å². The Balaban J connectivity index is 1.96. The van der Waals surface area contributed by atoms with E-state index in [9.17, 15) is 4.79 Å². The Bertz CT molecular complexity index is 454. The number of thiophene rings is 1. The molecule has 0 fully saturated rings. The highest BCUT2D eigenvalue weighted by atomic mass is 79.9. The summed E-state index contributed by atoms with van der Waals surface area (Å²) in [5.74, 6) is 0.465. The maximum Gasteiger partial charge on any atom is 0.184 e. The number of rotatable bonds is 4. The number of thioether (sulfide) groups is 1. The Morgan fingerprint density at radius 1 is 1.67 bits per heavy atom. The minimum Gasteiger partial charge on any atom is -0.292 e. The SMILES string of the molecule is O=C(CSc1ncn[nH]1)c1sccc1Br.